The number of esters is 3. The van der Waals surface area contributed by atoms with E-state index in [0.717, 1.165) is 70.6 Å². The van der Waals surface area contributed by atoms with E-state index in [2.05, 4.69) is 4.18 Å². The van der Waals surface area contributed by atoms with Gasteiger partial charge in [0, 0.05) is 39.4 Å². The first-order chi connectivity index (χ1) is 30.2. The molecule has 0 radical (unpaired) electrons. The summed E-state index contributed by atoms with van der Waals surface area (Å²) in [7, 11) is -3.50. The Morgan fingerprint density at radius 1 is 0.844 bits per heavy atom. The van der Waals surface area contributed by atoms with Gasteiger partial charge in [-0.25, -0.2) is 8.98 Å². The lowest BCUT2D eigenvalue weighted by molar-refractivity contribution is -0.870. The highest BCUT2D eigenvalue weighted by molar-refractivity contribution is 7.80. The standard InChI is InChI=1S/C43H79N2O17PS/c1-35(46)55-33-38(34-57-63(49,50)56-30-28-45(3,4)5)60-41(48)24-20-16-14-15-19-23-40-42-39(59-36(2)47)25-27-43(61-40,62-42)26-21-17-12-10-8-6-7-9-11-13-18-22-29-54-31-37(44)32-58-64(51,52)53/h20,24,37-40,42H,6-19,21-23,25-34,44H2,1-5H3,(H-,49,50,51,52,53)/b24-20+/t37-,38-,39-,40-,42+,43+/m1/s1. The minimum Gasteiger partial charge on any atom is -0.756 e. The number of phosphoric ester groups is 1. The molecule has 2 aliphatic heterocycles. The number of fused-ring (bicyclic) bond motifs is 2. The van der Waals surface area contributed by atoms with E-state index in [1.165, 1.54) is 58.4 Å². The third-order valence-corrected chi connectivity index (χ3v) is 12.1. The van der Waals surface area contributed by atoms with Gasteiger partial charge < -0.3 is 52.6 Å². The van der Waals surface area contributed by atoms with Crippen LogP contribution in [-0.4, -0.2) is 139 Å². The smallest absolute Gasteiger partial charge is 0.397 e. The Morgan fingerprint density at radius 2 is 1.47 bits per heavy atom. The third kappa shape index (κ3) is 28.9. The maximum Gasteiger partial charge on any atom is 0.397 e. The van der Waals surface area contributed by atoms with Gasteiger partial charge in [-0.05, 0) is 38.5 Å². The van der Waals surface area contributed by atoms with Crippen LogP contribution in [0.1, 0.15) is 142 Å². The van der Waals surface area contributed by atoms with Crippen molar-refractivity contribution in [1.29, 1.82) is 0 Å². The summed E-state index contributed by atoms with van der Waals surface area (Å²) < 4.78 is 90.9. The van der Waals surface area contributed by atoms with Crippen LogP contribution in [0.3, 0.4) is 0 Å². The number of hydrogen-bond donors (Lipinski definition) is 2. The Morgan fingerprint density at radius 3 is 2.08 bits per heavy atom. The SMILES string of the molecule is CC(=O)OC[C@H](COP(=O)([O-])OCC[N+](C)(C)C)OC(=O)/C=C/CCCCC[C@H]1O[C@]2(CCCCCCCCCCCCCCOC[C@@H](N)COS(=O)(=O)O)CC[C@@H](OC(C)=O)[C@@H]1O2. The first-order valence-electron chi connectivity index (χ1n) is 23.1. The minimum absolute atomic E-state index is 0.0853. The Bertz CT molecular complexity index is 1530. The maximum atomic E-state index is 12.5. The molecule has 2 heterocycles. The van der Waals surface area contributed by atoms with Gasteiger partial charge in [0.15, 0.2) is 11.9 Å². The quantitative estimate of drug-likeness (QED) is 0.0145. The number of unbranched alkanes of at least 4 members (excludes halogenated alkanes) is 14. The molecule has 2 bridgehead atoms. The van der Waals surface area contributed by atoms with Crippen LogP contribution in [0.5, 0.6) is 0 Å². The molecule has 374 valence electrons. The summed E-state index contributed by atoms with van der Waals surface area (Å²) in [6, 6.07) is -0.615. The second-order valence-corrected chi connectivity index (χ2v) is 20.4. The van der Waals surface area contributed by atoms with Crippen LogP contribution in [-0.2, 0) is 71.0 Å². The molecule has 2 saturated heterocycles. The molecule has 2 aliphatic rings. The molecule has 64 heavy (non-hydrogen) atoms. The Kier molecular flexibility index (Phi) is 28.2. The van der Waals surface area contributed by atoms with Crippen molar-refractivity contribution >= 4 is 36.1 Å². The number of carbonyl (C=O) groups excluding carboxylic acids is 3. The summed E-state index contributed by atoms with van der Waals surface area (Å²) >= 11 is 0. The molecule has 0 aliphatic carbocycles. The average molecular weight is 959 g/mol. The van der Waals surface area contributed by atoms with Crippen LogP contribution < -0.4 is 10.6 Å². The molecule has 0 saturated carbocycles. The van der Waals surface area contributed by atoms with Crippen molar-refractivity contribution < 1.29 is 82.9 Å². The lowest BCUT2D eigenvalue weighted by atomic mass is 9.94. The molecule has 0 spiro atoms. The zero-order valence-electron chi connectivity index (χ0n) is 39.0. The molecule has 0 aromatic rings. The lowest BCUT2D eigenvalue weighted by Crippen LogP contribution is -2.43. The van der Waals surface area contributed by atoms with Gasteiger partial charge in [0.25, 0.3) is 7.82 Å². The average Bonchev–Trinajstić information content (AvgIpc) is 3.49. The van der Waals surface area contributed by atoms with E-state index in [4.69, 9.17) is 47.8 Å². The molecule has 0 amide bonds. The number of ether oxygens (including phenoxy) is 6. The van der Waals surface area contributed by atoms with Crippen molar-refractivity contribution in [2.75, 3.05) is 67.3 Å². The van der Waals surface area contributed by atoms with E-state index in [1.807, 2.05) is 21.1 Å². The molecule has 2 fully saturated rings. The predicted molar refractivity (Wildman–Crippen MR) is 235 cm³/mol. The second-order valence-electron chi connectivity index (χ2n) is 17.9. The van der Waals surface area contributed by atoms with Crippen molar-refractivity contribution in [1.82, 2.24) is 0 Å². The monoisotopic (exact) mass is 958 g/mol. The number of likely N-dealkylation sites (N-methyl/N-ethyl adjacent to an activating group) is 1. The molecule has 0 aromatic heterocycles. The number of allylic oxidation sites excluding steroid dienone is 1. The van der Waals surface area contributed by atoms with E-state index in [1.54, 1.807) is 6.08 Å². The van der Waals surface area contributed by atoms with Crippen LogP contribution >= 0.6 is 7.82 Å². The molecule has 3 N–H and O–H groups in total. The van der Waals surface area contributed by atoms with Crippen LogP contribution in [0.2, 0.25) is 0 Å². The van der Waals surface area contributed by atoms with Crippen molar-refractivity contribution in [2.45, 2.75) is 179 Å². The van der Waals surface area contributed by atoms with Crippen LogP contribution in [0.15, 0.2) is 12.2 Å². The first-order valence-corrected chi connectivity index (χ1v) is 25.9. The first kappa shape index (κ1) is 58.1. The summed E-state index contributed by atoms with van der Waals surface area (Å²) in [5.41, 5.74) is 5.69. The molecule has 21 heteroatoms. The van der Waals surface area contributed by atoms with Gasteiger partial charge >= 0.3 is 28.3 Å². The summed E-state index contributed by atoms with van der Waals surface area (Å²) in [6.07, 6.45) is 20.7. The Labute approximate surface area is 381 Å². The van der Waals surface area contributed by atoms with E-state index in [9.17, 15) is 32.3 Å². The molecule has 0 aromatic carbocycles. The molecule has 2 rings (SSSR count). The van der Waals surface area contributed by atoms with Crippen molar-refractivity contribution in [3.8, 4) is 0 Å². The Balaban J connectivity index is 1.62. The summed E-state index contributed by atoms with van der Waals surface area (Å²) in [6.45, 7) is 2.40. The van der Waals surface area contributed by atoms with Crippen molar-refractivity contribution in [2.24, 2.45) is 5.73 Å². The number of quaternary nitrogens is 1. The van der Waals surface area contributed by atoms with Crippen LogP contribution in [0, 0.1) is 0 Å². The fourth-order valence-corrected chi connectivity index (χ4v) is 8.49. The zero-order valence-corrected chi connectivity index (χ0v) is 40.7. The van der Waals surface area contributed by atoms with Gasteiger partial charge in [-0.2, -0.15) is 8.42 Å². The van der Waals surface area contributed by atoms with Gasteiger partial charge in [0.05, 0.1) is 53.1 Å². The number of nitrogens with zero attached hydrogens (tertiary/aromatic N) is 1. The van der Waals surface area contributed by atoms with Crippen LogP contribution in [0.4, 0.5) is 0 Å². The molecule has 7 atom stereocenters. The summed E-state index contributed by atoms with van der Waals surface area (Å²) in [4.78, 5) is 47.9. The third-order valence-electron chi connectivity index (χ3n) is 10.7. The number of rotatable bonds is 38. The summed E-state index contributed by atoms with van der Waals surface area (Å²) in [5.74, 6) is -2.32. The minimum atomic E-state index is -4.67. The van der Waals surface area contributed by atoms with E-state index >= 15 is 0 Å². The highest BCUT2D eigenvalue weighted by Gasteiger charge is 2.54. The maximum absolute atomic E-state index is 12.5. The van der Waals surface area contributed by atoms with Gasteiger partial charge in [-0.3, -0.25) is 18.7 Å². The lowest BCUT2D eigenvalue weighted by Gasteiger charge is -2.35. The van der Waals surface area contributed by atoms with Gasteiger partial charge in [0.1, 0.15) is 32.0 Å². The molecule has 19 nitrogen and oxygen atoms in total. The zero-order chi connectivity index (χ0) is 47.5. The van der Waals surface area contributed by atoms with E-state index in [-0.39, 0.29) is 50.7 Å². The van der Waals surface area contributed by atoms with E-state index < -0.39 is 54.7 Å². The van der Waals surface area contributed by atoms with Crippen LogP contribution in [0.25, 0.3) is 0 Å². The molecular weight excluding hydrogens is 880 g/mol. The predicted octanol–water partition coefficient (Wildman–Crippen LogP) is 5.62. The normalized spacial score (nSPS) is 22.0. The van der Waals surface area contributed by atoms with Crippen molar-refractivity contribution in [3.63, 3.8) is 0 Å². The highest BCUT2D eigenvalue weighted by Crippen LogP contribution is 2.45. The Hall–Kier alpha value is -2.07. The number of nitrogens with two attached hydrogens (primary N) is 1. The fourth-order valence-electron chi connectivity index (χ4n) is 7.41. The van der Waals surface area contributed by atoms with Gasteiger partial charge in [-0.1, -0.05) is 83.1 Å². The number of hydrogen-bond acceptors (Lipinski definition) is 17. The second kappa shape index (κ2) is 31.1. The topological polar surface area (TPSA) is 255 Å². The highest BCUT2D eigenvalue weighted by atomic mass is 32.3. The number of carbonyl (C=O) groups is 3. The van der Waals surface area contributed by atoms with Crippen molar-refractivity contribution in [3.05, 3.63) is 12.2 Å². The fraction of sp³-hybridized carbons (Fsp3) is 0.884. The number of phosphoric acid groups is 1. The van der Waals surface area contributed by atoms with Gasteiger partial charge in [-0.15, -0.1) is 0 Å². The molecule has 1 unspecified atom stereocenters. The summed E-state index contributed by atoms with van der Waals surface area (Å²) in [5, 5.41) is 0. The largest absolute Gasteiger partial charge is 0.756 e. The van der Waals surface area contributed by atoms with Gasteiger partial charge in [0.2, 0.25) is 0 Å². The molecular formula is C43H79N2O17PS. The van der Waals surface area contributed by atoms with E-state index in [0.29, 0.717) is 36.9 Å².